The molecule has 1 amide bonds. The largest absolute Gasteiger partial charge is 0.573 e. The molecular formula is C23H27F3N2O2. The first-order chi connectivity index (χ1) is 14.2. The summed E-state index contributed by atoms with van der Waals surface area (Å²) >= 11 is 0. The Bertz CT molecular complexity index is 895. The molecule has 0 aromatic heterocycles. The van der Waals surface area contributed by atoms with E-state index in [0.29, 0.717) is 13.1 Å². The molecule has 30 heavy (non-hydrogen) atoms. The molecule has 2 aromatic carbocycles. The lowest BCUT2D eigenvalue weighted by Gasteiger charge is -2.20. The summed E-state index contributed by atoms with van der Waals surface area (Å²) in [6, 6.07) is 9.77. The Kier molecular flexibility index (Phi) is 6.58. The molecule has 0 saturated heterocycles. The van der Waals surface area contributed by atoms with Crippen molar-refractivity contribution in [3.05, 3.63) is 58.7 Å². The molecule has 0 saturated carbocycles. The van der Waals surface area contributed by atoms with E-state index in [2.05, 4.69) is 35.7 Å². The van der Waals surface area contributed by atoms with Crippen LogP contribution in [0.5, 0.6) is 5.75 Å². The van der Waals surface area contributed by atoms with Gasteiger partial charge in [0.2, 0.25) is 0 Å². The van der Waals surface area contributed by atoms with Gasteiger partial charge in [0.1, 0.15) is 5.75 Å². The van der Waals surface area contributed by atoms with Crippen LogP contribution < -0.4 is 9.64 Å². The van der Waals surface area contributed by atoms with E-state index in [4.69, 9.17) is 0 Å². The van der Waals surface area contributed by atoms with E-state index in [-0.39, 0.29) is 11.7 Å². The van der Waals surface area contributed by atoms with E-state index in [0.717, 1.165) is 40.9 Å². The number of amides is 1. The van der Waals surface area contributed by atoms with Gasteiger partial charge in [-0.2, -0.15) is 0 Å². The topological polar surface area (TPSA) is 32.8 Å². The van der Waals surface area contributed by atoms with Crippen LogP contribution in [0.1, 0.15) is 53.2 Å². The summed E-state index contributed by atoms with van der Waals surface area (Å²) in [5.74, 6) is -0.313. The van der Waals surface area contributed by atoms with Gasteiger partial charge in [-0.15, -0.1) is 13.2 Å². The highest BCUT2D eigenvalue weighted by atomic mass is 19.4. The van der Waals surface area contributed by atoms with Crippen molar-refractivity contribution < 1.29 is 22.7 Å². The van der Waals surface area contributed by atoms with E-state index in [1.165, 1.54) is 25.0 Å². The van der Waals surface area contributed by atoms with Gasteiger partial charge in [0, 0.05) is 37.9 Å². The van der Waals surface area contributed by atoms with Crippen molar-refractivity contribution in [1.29, 1.82) is 0 Å². The molecule has 0 atom stereocenters. The fourth-order valence-electron chi connectivity index (χ4n) is 3.80. The highest BCUT2D eigenvalue weighted by molar-refractivity contribution is 6.00. The summed E-state index contributed by atoms with van der Waals surface area (Å²) in [5, 5.41) is 0. The van der Waals surface area contributed by atoms with Crippen molar-refractivity contribution in [3.63, 3.8) is 0 Å². The average Bonchev–Trinajstić information content (AvgIpc) is 2.98. The lowest BCUT2D eigenvalue weighted by molar-refractivity contribution is -0.274. The molecular weight excluding hydrogens is 393 g/mol. The zero-order valence-corrected chi connectivity index (χ0v) is 17.6. The zero-order chi connectivity index (χ0) is 21.9. The van der Waals surface area contributed by atoms with Crippen LogP contribution in [-0.4, -0.2) is 30.8 Å². The first-order valence-corrected chi connectivity index (χ1v) is 10.2. The van der Waals surface area contributed by atoms with Gasteiger partial charge in [0.25, 0.3) is 5.91 Å². The molecule has 0 unspecified atom stereocenters. The first kappa shape index (κ1) is 22.0. The van der Waals surface area contributed by atoms with Crippen molar-refractivity contribution in [1.82, 2.24) is 4.90 Å². The third-order valence-corrected chi connectivity index (χ3v) is 5.33. The van der Waals surface area contributed by atoms with Gasteiger partial charge in [-0.05, 0) is 54.3 Å². The Hall–Kier alpha value is -2.70. The van der Waals surface area contributed by atoms with Gasteiger partial charge >= 0.3 is 6.36 Å². The number of benzene rings is 2. The van der Waals surface area contributed by atoms with Crippen LogP contribution in [0.3, 0.4) is 0 Å². The number of halogens is 3. The number of alkyl halides is 3. The van der Waals surface area contributed by atoms with E-state index in [9.17, 15) is 18.0 Å². The van der Waals surface area contributed by atoms with E-state index >= 15 is 0 Å². The van der Waals surface area contributed by atoms with Crippen molar-refractivity contribution >= 4 is 11.6 Å². The maximum Gasteiger partial charge on any atom is 0.573 e. The minimum absolute atomic E-state index is 0.0432. The fourth-order valence-corrected chi connectivity index (χ4v) is 3.80. The molecule has 1 aliphatic heterocycles. The van der Waals surface area contributed by atoms with Crippen LogP contribution >= 0.6 is 0 Å². The molecule has 162 valence electrons. The van der Waals surface area contributed by atoms with Crippen molar-refractivity contribution in [2.75, 3.05) is 18.5 Å². The van der Waals surface area contributed by atoms with Crippen molar-refractivity contribution in [2.24, 2.45) is 0 Å². The molecule has 0 N–H and O–H groups in total. The standard InChI is InChI=1S/C23H27F3N2O2/c1-4-5-6-11-27(3)19-12-16(2)21-18(13-19)15-28(22(21)29)14-17-7-9-20(10-8-17)30-23(24,25)26/h7-10,12-13H,4-6,11,14-15H2,1-3H3. The Labute approximate surface area is 175 Å². The number of anilines is 1. The van der Waals surface area contributed by atoms with E-state index in [1.54, 1.807) is 17.0 Å². The summed E-state index contributed by atoms with van der Waals surface area (Å²) in [4.78, 5) is 16.8. The number of aryl methyl sites for hydroxylation is 1. The normalized spacial score (nSPS) is 13.5. The molecule has 0 radical (unpaired) electrons. The Balaban J connectivity index is 1.70. The number of nitrogens with zero attached hydrogens (tertiary/aromatic N) is 2. The summed E-state index contributed by atoms with van der Waals surface area (Å²) in [7, 11) is 2.07. The lowest BCUT2D eigenvalue weighted by atomic mass is 10.0. The smallest absolute Gasteiger partial charge is 0.406 e. The maximum absolute atomic E-state index is 12.9. The summed E-state index contributed by atoms with van der Waals surface area (Å²) < 4.78 is 40.8. The molecule has 0 spiro atoms. The number of hydrogen-bond donors (Lipinski definition) is 0. The third-order valence-electron chi connectivity index (χ3n) is 5.33. The number of carbonyl (C=O) groups excluding carboxylic acids is 1. The summed E-state index contributed by atoms with van der Waals surface area (Å²) in [6.07, 6.45) is -1.23. The second-order valence-corrected chi connectivity index (χ2v) is 7.78. The Morgan fingerprint density at radius 1 is 1.13 bits per heavy atom. The Morgan fingerprint density at radius 3 is 2.47 bits per heavy atom. The van der Waals surface area contributed by atoms with Gasteiger partial charge in [-0.1, -0.05) is 31.9 Å². The van der Waals surface area contributed by atoms with Crippen LogP contribution in [0, 0.1) is 6.92 Å². The first-order valence-electron chi connectivity index (χ1n) is 10.2. The molecule has 0 fully saturated rings. The predicted octanol–water partition coefficient (Wildman–Crippen LogP) is 5.68. The van der Waals surface area contributed by atoms with E-state index in [1.807, 2.05) is 6.92 Å². The lowest BCUT2D eigenvalue weighted by Crippen LogP contribution is -2.23. The van der Waals surface area contributed by atoms with Crippen LogP contribution in [0.4, 0.5) is 18.9 Å². The number of hydrogen-bond acceptors (Lipinski definition) is 3. The average molecular weight is 420 g/mol. The third kappa shape index (κ3) is 5.26. The number of carbonyl (C=O) groups is 1. The quantitative estimate of drug-likeness (QED) is 0.516. The van der Waals surface area contributed by atoms with Crippen LogP contribution in [0.15, 0.2) is 36.4 Å². The number of ether oxygens (including phenoxy) is 1. The molecule has 1 heterocycles. The van der Waals surface area contributed by atoms with Gasteiger partial charge in [-0.25, -0.2) is 0 Å². The molecule has 7 heteroatoms. The second kappa shape index (κ2) is 8.98. The Morgan fingerprint density at radius 2 is 1.83 bits per heavy atom. The molecule has 2 aromatic rings. The maximum atomic E-state index is 12.9. The molecule has 4 nitrogen and oxygen atoms in total. The number of rotatable bonds is 8. The number of unbranched alkanes of at least 4 members (excludes halogenated alkanes) is 2. The van der Waals surface area contributed by atoms with Gasteiger partial charge in [0.05, 0.1) is 0 Å². The van der Waals surface area contributed by atoms with Crippen molar-refractivity contribution in [3.8, 4) is 5.75 Å². The van der Waals surface area contributed by atoms with Crippen molar-refractivity contribution in [2.45, 2.75) is 52.6 Å². The molecule has 0 aliphatic carbocycles. The number of fused-ring (bicyclic) bond motifs is 1. The SMILES string of the molecule is CCCCCN(C)c1cc(C)c2c(c1)CN(Cc1ccc(OC(F)(F)F)cc1)C2=O. The van der Waals surface area contributed by atoms with Gasteiger partial charge < -0.3 is 14.5 Å². The zero-order valence-electron chi connectivity index (χ0n) is 17.6. The minimum Gasteiger partial charge on any atom is -0.406 e. The highest BCUT2D eigenvalue weighted by Gasteiger charge is 2.32. The summed E-state index contributed by atoms with van der Waals surface area (Å²) in [6.45, 7) is 5.92. The highest BCUT2D eigenvalue weighted by Crippen LogP contribution is 2.32. The molecule has 3 rings (SSSR count). The van der Waals surface area contributed by atoms with Crippen LogP contribution in [0.2, 0.25) is 0 Å². The van der Waals surface area contributed by atoms with Crippen LogP contribution in [0.25, 0.3) is 0 Å². The monoisotopic (exact) mass is 420 g/mol. The fraction of sp³-hybridized carbons (Fsp3) is 0.435. The molecule has 1 aliphatic rings. The van der Waals surface area contributed by atoms with Gasteiger partial charge in [0.15, 0.2) is 0 Å². The molecule has 0 bridgehead atoms. The van der Waals surface area contributed by atoms with Crippen LogP contribution in [-0.2, 0) is 13.1 Å². The summed E-state index contributed by atoms with van der Waals surface area (Å²) in [5.41, 5.74) is 4.53. The minimum atomic E-state index is -4.72. The van der Waals surface area contributed by atoms with E-state index < -0.39 is 6.36 Å². The predicted molar refractivity (Wildman–Crippen MR) is 111 cm³/mol. The second-order valence-electron chi connectivity index (χ2n) is 7.78. The van der Waals surface area contributed by atoms with Gasteiger partial charge in [-0.3, -0.25) is 4.79 Å².